The number of benzene rings is 2. The molecule has 0 saturated heterocycles. The lowest BCUT2D eigenvalue weighted by Gasteiger charge is -2.04. The number of nitrogens with two attached hydrogens (primary N) is 1. The van der Waals surface area contributed by atoms with Crippen LogP contribution in [0.25, 0.3) is 0 Å². The van der Waals surface area contributed by atoms with Crippen molar-refractivity contribution >= 4 is 33.6 Å². The number of hydrogen-bond acceptors (Lipinski definition) is 8. The Morgan fingerprint density at radius 1 is 1.27 bits per heavy atom. The number of nitro groups is 1. The largest absolute Gasteiger partial charge is 0.465 e. The van der Waals surface area contributed by atoms with E-state index in [1.165, 1.54) is 31.5 Å². The molecule has 0 amide bonds. The number of carbonyl (C=O) groups is 1. The summed E-state index contributed by atoms with van der Waals surface area (Å²) in [5.41, 5.74) is 2.96. The maximum Gasteiger partial charge on any atom is 0.337 e. The molecule has 2 rings (SSSR count). The zero-order valence-corrected chi connectivity index (χ0v) is 14.3. The number of sulfonamides is 1. The lowest BCUT2D eigenvalue weighted by molar-refractivity contribution is -0.384. The van der Waals surface area contributed by atoms with Gasteiger partial charge in [0.05, 0.1) is 28.7 Å². The van der Waals surface area contributed by atoms with Gasteiger partial charge < -0.3 is 4.74 Å². The van der Waals surface area contributed by atoms with Crippen LogP contribution in [0, 0.1) is 10.1 Å². The molecule has 0 radical (unpaired) electrons. The molecule has 0 atom stereocenters. The number of nitrogens with zero attached hydrogens (tertiary/aromatic N) is 2. The molecule has 0 fully saturated rings. The van der Waals surface area contributed by atoms with E-state index in [2.05, 4.69) is 15.3 Å². The number of primary sulfonamides is 1. The first-order valence-corrected chi connectivity index (χ1v) is 8.55. The quantitative estimate of drug-likeness (QED) is 0.334. The maximum absolute atomic E-state index is 11.3. The van der Waals surface area contributed by atoms with Gasteiger partial charge in [-0.2, -0.15) is 5.10 Å². The molecule has 0 unspecified atom stereocenters. The van der Waals surface area contributed by atoms with Crippen LogP contribution in [0.15, 0.2) is 52.5 Å². The SMILES string of the molecule is COC(=O)c1ccc(C=NNc2ccc(S(N)(=O)=O)cc2[N+](=O)[O-])cc1. The van der Waals surface area contributed by atoms with Gasteiger partial charge in [-0.3, -0.25) is 15.5 Å². The number of hydrazone groups is 1. The summed E-state index contributed by atoms with van der Waals surface area (Å²) in [5.74, 6) is -0.475. The molecule has 0 aliphatic heterocycles. The molecule has 26 heavy (non-hydrogen) atoms. The summed E-state index contributed by atoms with van der Waals surface area (Å²) in [4.78, 5) is 21.3. The van der Waals surface area contributed by atoms with Crippen LogP contribution in [0.2, 0.25) is 0 Å². The summed E-state index contributed by atoms with van der Waals surface area (Å²) in [7, 11) is -2.79. The third kappa shape index (κ3) is 4.62. The summed E-state index contributed by atoms with van der Waals surface area (Å²) >= 11 is 0. The molecule has 0 bridgehead atoms. The Bertz CT molecular complexity index is 970. The normalized spacial score (nSPS) is 11.3. The molecule has 10 nitrogen and oxygen atoms in total. The smallest absolute Gasteiger partial charge is 0.337 e. The van der Waals surface area contributed by atoms with Crippen LogP contribution in [-0.2, 0) is 14.8 Å². The van der Waals surface area contributed by atoms with Crippen molar-refractivity contribution < 1.29 is 22.9 Å². The third-order valence-electron chi connectivity index (χ3n) is 3.22. The number of anilines is 1. The van der Waals surface area contributed by atoms with E-state index in [0.29, 0.717) is 11.1 Å². The number of nitrogens with one attached hydrogen (secondary N) is 1. The van der Waals surface area contributed by atoms with Gasteiger partial charge in [0.25, 0.3) is 5.69 Å². The Morgan fingerprint density at radius 3 is 2.46 bits per heavy atom. The van der Waals surface area contributed by atoms with Gasteiger partial charge in [0.1, 0.15) is 5.69 Å². The molecule has 2 aromatic rings. The van der Waals surface area contributed by atoms with Crippen LogP contribution < -0.4 is 10.6 Å². The van der Waals surface area contributed by atoms with Gasteiger partial charge in [0, 0.05) is 6.07 Å². The van der Waals surface area contributed by atoms with Gasteiger partial charge in [-0.25, -0.2) is 18.4 Å². The van der Waals surface area contributed by atoms with E-state index in [1.54, 1.807) is 12.1 Å². The molecule has 2 aromatic carbocycles. The van der Waals surface area contributed by atoms with Crippen molar-refractivity contribution in [3.63, 3.8) is 0 Å². The molecule has 0 aliphatic rings. The maximum atomic E-state index is 11.3. The van der Waals surface area contributed by atoms with Crippen LogP contribution >= 0.6 is 0 Å². The minimum atomic E-state index is -4.06. The Morgan fingerprint density at radius 2 is 1.92 bits per heavy atom. The number of rotatable bonds is 6. The Hall–Kier alpha value is -3.31. The number of methoxy groups -OCH3 is 1. The highest BCUT2D eigenvalue weighted by molar-refractivity contribution is 7.89. The molecular weight excluding hydrogens is 364 g/mol. The summed E-state index contributed by atoms with van der Waals surface area (Å²) < 4.78 is 27.2. The molecule has 0 heterocycles. The highest BCUT2D eigenvalue weighted by Crippen LogP contribution is 2.27. The first kappa shape index (κ1) is 19.0. The molecular formula is C15H14N4O6S. The molecule has 0 aromatic heterocycles. The van der Waals surface area contributed by atoms with Crippen LogP contribution in [0.5, 0.6) is 0 Å². The summed E-state index contributed by atoms with van der Waals surface area (Å²) in [6, 6.07) is 9.46. The molecule has 0 aliphatic carbocycles. The number of nitro benzene ring substituents is 1. The average Bonchev–Trinajstić information content (AvgIpc) is 2.60. The number of hydrogen-bond donors (Lipinski definition) is 2. The predicted molar refractivity (Wildman–Crippen MR) is 93.5 cm³/mol. The second-order valence-corrected chi connectivity index (χ2v) is 6.53. The van der Waals surface area contributed by atoms with E-state index in [9.17, 15) is 23.3 Å². The molecule has 11 heteroatoms. The summed E-state index contributed by atoms with van der Waals surface area (Å²) in [6.45, 7) is 0. The second kappa shape index (κ2) is 7.72. The van der Waals surface area contributed by atoms with Crippen molar-refractivity contribution in [3.8, 4) is 0 Å². The Balaban J connectivity index is 2.19. The predicted octanol–water partition coefficient (Wildman–Crippen LogP) is 1.47. The average molecular weight is 378 g/mol. The topological polar surface area (TPSA) is 154 Å². The van der Waals surface area contributed by atoms with Gasteiger partial charge in [-0.15, -0.1) is 0 Å². The zero-order chi connectivity index (χ0) is 19.3. The van der Waals surface area contributed by atoms with E-state index >= 15 is 0 Å². The van der Waals surface area contributed by atoms with Crippen molar-refractivity contribution in [2.24, 2.45) is 10.2 Å². The first-order valence-electron chi connectivity index (χ1n) is 7.01. The van der Waals surface area contributed by atoms with Crippen LogP contribution in [-0.4, -0.2) is 32.6 Å². The van der Waals surface area contributed by atoms with Gasteiger partial charge in [0.15, 0.2) is 0 Å². The fourth-order valence-electron chi connectivity index (χ4n) is 1.93. The third-order valence-corrected chi connectivity index (χ3v) is 4.14. The van der Waals surface area contributed by atoms with Crippen molar-refractivity contribution in [3.05, 3.63) is 63.7 Å². The van der Waals surface area contributed by atoms with Crippen molar-refractivity contribution in [2.75, 3.05) is 12.5 Å². The molecule has 136 valence electrons. The fourth-order valence-corrected chi connectivity index (χ4v) is 2.47. The Labute approximate surface area is 148 Å². The van der Waals surface area contributed by atoms with Crippen LogP contribution in [0.4, 0.5) is 11.4 Å². The van der Waals surface area contributed by atoms with Crippen LogP contribution in [0.3, 0.4) is 0 Å². The molecule has 0 spiro atoms. The molecule has 3 N–H and O–H groups in total. The van der Waals surface area contributed by atoms with E-state index in [1.807, 2.05) is 0 Å². The monoisotopic (exact) mass is 378 g/mol. The van der Waals surface area contributed by atoms with Crippen molar-refractivity contribution in [2.45, 2.75) is 4.90 Å². The Kier molecular flexibility index (Phi) is 5.64. The van der Waals surface area contributed by atoms with Crippen LogP contribution in [0.1, 0.15) is 15.9 Å². The van der Waals surface area contributed by atoms with E-state index in [-0.39, 0.29) is 10.6 Å². The molecule has 0 saturated carbocycles. The van der Waals surface area contributed by atoms with Gasteiger partial charge in [-0.1, -0.05) is 12.1 Å². The van der Waals surface area contributed by atoms with Gasteiger partial charge >= 0.3 is 5.97 Å². The lowest BCUT2D eigenvalue weighted by Crippen LogP contribution is -2.12. The van der Waals surface area contributed by atoms with E-state index < -0.39 is 26.6 Å². The number of carbonyl (C=O) groups excluding carboxylic acids is 1. The minimum Gasteiger partial charge on any atom is -0.465 e. The minimum absolute atomic E-state index is 0.00942. The number of ether oxygens (including phenoxy) is 1. The first-order chi connectivity index (χ1) is 12.2. The number of esters is 1. The summed E-state index contributed by atoms with van der Waals surface area (Å²) in [5, 5.41) is 19.9. The van der Waals surface area contributed by atoms with E-state index in [4.69, 9.17) is 5.14 Å². The van der Waals surface area contributed by atoms with Gasteiger partial charge in [-0.05, 0) is 29.8 Å². The van der Waals surface area contributed by atoms with Crippen molar-refractivity contribution in [1.29, 1.82) is 0 Å². The highest BCUT2D eigenvalue weighted by Gasteiger charge is 2.18. The highest BCUT2D eigenvalue weighted by atomic mass is 32.2. The van der Waals surface area contributed by atoms with Gasteiger partial charge in [0.2, 0.25) is 10.0 Å². The summed E-state index contributed by atoms with van der Waals surface area (Å²) in [6.07, 6.45) is 1.37. The fraction of sp³-hybridized carbons (Fsp3) is 0.0667. The zero-order valence-electron chi connectivity index (χ0n) is 13.4. The van der Waals surface area contributed by atoms with E-state index in [0.717, 1.165) is 12.1 Å². The standard InChI is InChI=1S/C15H14N4O6S/c1-25-15(20)11-4-2-10(3-5-11)9-17-18-13-7-6-12(26(16,23)24)8-14(13)19(21)22/h2-9,18H,1H3,(H2,16,23,24). The second-order valence-electron chi connectivity index (χ2n) is 4.96. The lowest BCUT2D eigenvalue weighted by atomic mass is 10.1. The van der Waals surface area contributed by atoms with Crippen molar-refractivity contribution in [1.82, 2.24) is 0 Å².